The first kappa shape index (κ1) is 19.3. The number of ether oxygens (including phenoxy) is 3. The Labute approximate surface area is 173 Å². The minimum Gasteiger partial charge on any atom is -0.486 e. The molecule has 1 heterocycles. The highest BCUT2D eigenvalue weighted by Crippen LogP contribution is 2.32. The third-order valence-electron chi connectivity index (χ3n) is 4.34. The van der Waals surface area contributed by atoms with Crippen molar-refractivity contribution in [1.29, 1.82) is 0 Å². The molecule has 2 amide bonds. The topological polar surface area (TPSA) is 85.9 Å². The van der Waals surface area contributed by atoms with Crippen molar-refractivity contribution >= 4 is 23.2 Å². The molecule has 152 valence electrons. The maximum absolute atomic E-state index is 12.2. The van der Waals surface area contributed by atoms with E-state index in [4.69, 9.17) is 14.2 Å². The highest BCUT2D eigenvalue weighted by atomic mass is 16.6. The standard InChI is InChI=1S/C23H20N2O5/c26-22(24-18-8-11-20-21(14-18)29-13-12-28-20)15-30-19-9-6-17(7-10-19)25-23(27)16-4-2-1-3-5-16/h1-11,14H,12-13,15H2,(H,24,26)(H,25,27). The van der Waals surface area contributed by atoms with Crippen LogP contribution in [0.1, 0.15) is 10.4 Å². The van der Waals surface area contributed by atoms with E-state index in [9.17, 15) is 9.59 Å². The van der Waals surface area contributed by atoms with E-state index in [1.54, 1.807) is 54.6 Å². The summed E-state index contributed by atoms with van der Waals surface area (Å²) in [5.41, 5.74) is 1.82. The van der Waals surface area contributed by atoms with Gasteiger partial charge in [0.05, 0.1) is 0 Å². The summed E-state index contributed by atoms with van der Waals surface area (Å²) in [5.74, 6) is 1.30. The fourth-order valence-corrected chi connectivity index (χ4v) is 2.89. The number of anilines is 2. The Morgan fingerprint density at radius 3 is 2.27 bits per heavy atom. The van der Waals surface area contributed by atoms with Crippen LogP contribution in [0.2, 0.25) is 0 Å². The van der Waals surface area contributed by atoms with Crippen LogP contribution in [0.15, 0.2) is 72.8 Å². The van der Waals surface area contributed by atoms with Crippen molar-refractivity contribution in [2.75, 3.05) is 30.5 Å². The first-order valence-corrected chi connectivity index (χ1v) is 9.46. The molecule has 3 aromatic carbocycles. The third kappa shape index (κ3) is 4.88. The van der Waals surface area contributed by atoms with Crippen molar-refractivity contribution in [2.45, 2.75) is 0 Å². The highest BCUT2D eigenvalue weighted by molar-refractivity contribution is 6.04. The van der Waals surface area contributed by atoms with E-state index in [1.807, 2.05) is 18.2 Å². The SMILES string of the molecule is O=C(COc1ccc(NC(=O)c2ccccc2)cc1)Nc1ccc2c(c1)OCCO2. The monoisotopic (exact) mass is 404 g/mol. The van der Waals surface area contributed by atoms with Gasteiger partial charge < -0.3 is 24.8 Å². The van der Waals surface area contributed by atoms with Crippen LogP contribution in [0.25, 0.3) is 0 Å². The number of fused-ring (bicyclic) bond motifs is 1. The van der Waals surface area contributed by atoms with Gasteiger partial charge in [-0.1, -0.05) is 18.2 Å². The van der Waals surface area contributed by atoms with Gasteiger partial charge in [0.2, 0.25) is 0 Å². The van der Waals surface area contributed by atoms with Gasteiger partial charge in [0.15, 0.2) is 18.1 Å². The molecule has 0 aromatic heterocycles. The van der Waals surface area contributed by atoms with Crippen LogP contribution < -0.4 is 24.8 Å². The fourth-order valence-electron chi connectivity index (χ4n) is 2.89. The van der Waals surface area contributed by atoms with Crippen molar-refractivity contribution in [3.05, 3.63) is 78.4 Å². The van der Waals surface area contributed by atoms with E-state index in [2.05, 4.69) is 10.6 Å². The molecule has 0 fully saturated rings. The van der Waals surface area contributed by atoms with Gasteiger partial charge in [-0.05, 0) is 48.5 Å². The molecular formula is C23H20N2O5. The van der Waals surface area contributed by atoms with Gasteiger partial charge in [0.25, 0.3) is 11.8 Å². The lowest BCUT2D eigenvalue weighted by molar-refractivity contribution is -0.118. The molecule has 1 aliphatic rings. The Morgan fingerprint density at radius 2 is 1.50 bits per heavy atom. The summed E-state index contributed by atoms with van der Waals surface area (Å²) in [4.78, 5) is 24.3. The average molecular weight is 404 g/mol. The van der Waals surface area contributed by atoms with E-state index in [1.165, 1.54) is 0 Å². The zero-order chi connectivity index (χ0) is 20.8. The van der Waals surface area contributed by atoms with E-state index >= 15 is 0 Å². The minimum absolute atomic E-state index is 0.149. The summed E-state index contributed by atoms with van der Waals surface area (Å²) in [6, 6.07) is 21.0. The van der Waals surface area contributed by atoms with Crippen molar-refractivity contribution in [3.63, 3.8) is 0 Å². The molecule has 2 N–H and O–H groups in total. The first-order valence-electron chi connectivity index (χ1n) is 9.46. The van der Waals surface area contributed by atoms with Gasteiger partial charge in [-0.15, -0.1) is 0 Å². The van der Waals surface area contributed by atoms with E-state index < -0.39 is 0 Å². The summed E-state index contributed by atoms with van der Waals surface area (Å²) in [5, 5.41) is 5.57. The third-order valence-corrected chi connectivity index (χ3v) is 4.34. The second kappa shape index (κ2) is 9.00. The number of hydrogen-bond acceptors (Lipinski definition) is 5. The number of carbonyl (C=O) groups is 2. The molecule has 7 heteroatoms. The number of carbonyl (C=O) groups excluding carboxylic acids is 2. The van der Waals surface area contributed by atoms with Gasteiger partial charge in [-0.2, -0.15) is 0 Å². The van der Waals surface area contributed by atoms with Crippen LogP contribution in [0.4, 0.5) is 11.4 Å². The number of benzene rings is 3. The normalized spacial score (nSPS) is 12.0. The largest absolute Gasteiger partial charge is 0.486 e. The van der Waals surface area contributed by atoms with Crippen molar-refractivity contribution in [3.8, 4) is 17.2 Å². The van der Waals surface area contributed by atoms with Crippen LogP contribution in [0.5, 0.6) is 17.2 Å². The molecule has 0 atom stereocenters. The number of nitrogens with one attached hydrogen (secondary N) is 2. The zero-order valence-electron chi connectivity index (χ0n) is 16.1. The van der Waals surface area contributed by atoms with E-state index in [-0.39, 0.29) is 18.4 Å². The second-order valence-electron chi connectivity index (χ2n) is 6.54. The van der Waals surface area contributed by atoms with Crippen molar-refractivity contribution in [1.82, 2.24) is 0 Å². The summed E-state index contributed by atoms with van der Waals surface area (Å²) in [6.07, 6.45) is 0. The zero-order valence-corrected chi connectivity index (χ0v) is 16.1. The minimum atomic E-state index is -0.298. The Balaban J connectivity index is 1.27. The van der Waals surface area contributed by atoms with Crippen molar-refractivity contribution in [2.24, 2.45) is 0 Å². The summed E-state index contributed by atoms with van der Waals surface area (Å²) < 4.78 is 16.5. The molecule has 1 aliphatic heterocycles. The van der Waals surface area contributed by atoms with E-state index in [0.29, 0.717) is 47.4 Å². The quantitative estimate of drug-likeness (QED) is 0.654. The molecule has 0 bridgehead atoms. The van der Waals surface area contributed by atoms with Crippen LogP contribution >= 0.6 is 0 Å². The molecular weight excluding hydrogens is 384 g/mol. The number of amides is 2. The van der Waals surface area contributed by atoms with Gasteiger partial charge in [-0.3, -0.25) is 9.59 Å². The number of hydrogen-bond donors (Lipinski definition) is 2. The highest BCUT2D eigenvalue weighted by Gasteiger charge is 2.13. The summed E-state index contributed by atoms with van der Waals surface area (Å²) in [7, 11) is 0. The van der Waals surface area contributed by atoms with Gasteiger partial charge >= 0.3 is 0 Å². The predicted octanol–water partition coefficient (Wildman–Crippen LogP) is 3.73. The Bertz CT molecular complexity index is 1040. The molecule has 0 saturated heterocycles. The molecule has 0 radical (unpaired) electrons. The molecule has 3 aromatic rings. The lowest BCUT2D eigenvalue weighted by Crippen LogP contribution is -2.20. The Kier molecular flexibility index (Phi) is 5.80. The molecule has 0 spiro atoms. The lowest BCUT2D eigenvalue weighted by atomic mass is 10.2. The van der Waals surface area contributed by atoms with Crippen LogP contribution in [0.3, 0.4) is 0 Å². The van der Waals surface area contributed by atoms with Crippen molar-refractivity contribution < 1.29 is 23.8 Å². The molecule has 4 rings (SSSR count). The fraction of sp³-hybridized carbons (Fsp3) is 0.130. The predicted molar refractivity (Wildman–Crippen MR) is 112 cm³/mol. The average Bonchev–Trinajstić information content (AvgIpc) is 2.79. The Hall–Kier alpha value is -4.00. The Morgan fingerprint density at radius 1 is 0.800 bits per heavy atom. The lowest BCUT2D eigenvalue weighted by Gasteiger charge is -2.19. The summed E-state index contributed by atoms with van der Waals surface area (Å²) >= 11 is 0. The molecule has 30 heavy (non-hydrogen) atoms. The maximum Gasteiger partial charge on any atom is 0.262 e. The maximum atomic E-state index is 12.2. The first-order chi connectivity index (χ1) is 14.7. The smallest absolute Gasteiger partial charge is 0.262 e. The van der Waals surface area contributed by atoms with Crippen LogP contribution in [-0.2, 0) is 4.79 Å². The second-order valence-corrected chi connectivity index (χ2v) is 6.54. The van der Waals surface area contributed by atoms with Crippen LogP contribution in [-0.4, -0.2) is 31.6 Å². The molecule has 0 saturated carbocycles. The molecule has 7 nitrogen and oxygen atoms in total. The van der Waals surface area contributed by atoms with Gasteiger partial charge in [0, 0.05) is 23.0 Å². The molecule has 0 aliphatic carbocycles. The van der Waals surface area contributed by atoms with E-state index in [0.717, 1.165) is 0 Å². The molecule has 0 unspecified atom stereocenters. The van der Waals surface area contributed by atoms with Gasteiger partial charge in [-0.25, -0.2) is 0 Å². The van der Waals surface area contributed by atoms with Gasteiger partial charge in [0.1, 0.15) is 19.0 Å². The number of rotatable bonds is 6. The summed E-state index contributed by atoms with van der Waals surface area (Å²) in [6.45, 7) is 0.848. The van der Waals surface area contributed by atoms with Crippen LogP contribution in [0, 0.1) is 0 Å².